The van der Waals surface area contributed by atoms with E-state index < -0.39 is 7.14 Å². The van der Waals surface area contributed by atoms with Crippen LogP contribution in [0.4, 0.5) is 17.1 Å². The monoisotopic (exact) mass is 597 g/mol. The molecule has 6 aromatic carbocycles. The second-order valence-electron chi connectivity index (χ2n) is 11.0. The predicted octanol–water partition coefficient (Wildman–Crippen LogP) is 8.90. The number of rotatable bonds is 5. The molecule has 7 aromatic rings. The first-order valence-corrected chi connectivity index (χ1v) is 16.7. The fourth-order valence-corrected chi connectivity index (χ4v) is 9.14. The molecule has 0 amide bonds. The van der Waals surface area contributed by atoms with E-state index in [0.29, 0.717) is 5.82 Å². The Morgan fingerprint density at radius 2 is 0.889 bits per heavy atom. The third kappa shape index (κ3) is 4.68. The van der Waals surface area contributed by atoms with Gasteiger partial charge in [-0.05, 0) is 54.6 Å². The van der Waals surface area contributed by atoms with Gasteiger partial charge in [0.05, 0.1) is 22.8 Å². The van der Waals surface area contributed by atoms with Crippen molar-refractivity contribution >= 4 is 40.1 Å². The number of nitrogens with zero attached hydrogens (tertiary/aromatic N) is 3. The first-order valence-electron chi connectivity index (χ1n) is 15.0. The quantitative estimate of drug-likeness (QED) is 0.186. The minimum Gasteiger partial charge on any atom is -0.309 e. The topological polar surface area (TPSA) is 46.1 Å². The van der Waals surface area contributed by atoms with Crippen molar-refractivity contribution in [1.82, 2.24) is 9.97 Å². The summed E-state index contributed by atoms with van der Waals surface area (Å²) < 4.78 is 15.2. The zero-order valence-electron chi connectivity index (χ0n) is 24.4. The molecule has 8 rings (SSSR count). The Bertz CT molecular complexity index is 2070. The lowest BCUT2D eigenvalue weighted by atomic mass is 10.1. The number of anilines is 3. The van der Waals surface area contributed by atoms with Crippen molar-refractivity contribution in [1.29, 1.82) is 0 Å². The summed E-state index contributed by atoms with van der Waals surface area (Å²) in [5.41, 5.74) is 7.56. The molecule has 0 aliphatic carbocycles. The summed E-state index contributed by atoms with van der Waals surface area (Å²) in [5, 5.41) is 2.51. The maximum atomic E-state index is 15.2. The summed E-state index contributed by atoms with van der Waals surface area (Å²) in [6.45, 7) is 0. The maximum Gasteiger partial charge on any atom is 0.175 e. The molecule has 1 aliphatic rings. The van der Waals surface area contributed by atoms with Crippen molar-refractivity contribution in [2.24, 2.45) is 0 Å². The highest BCUT2D eigenvalue weighted by atomic mass is 31.2. The molecule has 0 saturated heterocycles. The van der Waals surface area contributed by atoms with E-state index in [1.165, 1.54) is 0 Å². The molecule has 2 heterocycles. The summed E-state index contributed by atoms with van der Waals surface area (Å²) >= 11 is 0. The van der Waals surface area contributed by atoms with E-state index in [1.807, 2.05) is 103 Å². The second-order valence-corrected chi connectivity index (χ2v) is 13.7. The van der Waals surface area contributed by atoms with E-state index in [1.54, 1.807) is 0 Å². The summed E-state index contributed by atoms with van der Waals surface area (Å²) in [4.78, 5) is 12.2. The third-order valence-corrected chi connectivity index (χ3v) is 11.4. The van der Waals surface area contributed by atoms with Crippen molar-refractivity contribution in [3.8, 4) is 33.9 Å². The van der Waals surface area contributed by atoms with Crippen molar-refractivity contribution in [3.05, 3.63) is 170 Å². The highest BCUT2D eigenvalue weighted by molar-refractivity contribution is 7.86. The Balaban J connectivity index is 1.25. The predicted molar refractivity (Wildman–Crippen MR) is 186 cm³/mol. The first kappa shape index (κ1) is 27.0. The molecule has 0 bridgehead atoms. The zero-order chi connectivity index (χ0) is 30.2. The summed E-state index contributed by atoms with van der Waals surface area (Å²) in [5.74, 6) is 0.662. The molecule has 0 unspecified atom stereocenters. The largest absolute Gasteiger partial charge is 0.309 e. The van der Waals surface area contributed by atoms with Crippen LogP contribution in [0.1, 0.15) is 0 Å². The molecule has 5 heteroatoms. The Labute approximate surface area is 262 Å². The third-order valence-electron chi connectivity index (χ3n) is 8.29. The van der Waals surface area contributed by atoms with Crippen molar-refractivity contribution in [2.75, 3.05) is 4.90 Å². The van der Waals surface area contributed by atoms with Gasteiger partial charge in [0.25, 0.3) is 0 Å². The molecular formula is C40H28N3OP. The molecule has 214 valence electrons. The van der Waals surface area contributed by atoms with Gasteiger partial charge in [-0.3, -0.25) is 0 Å². The van der Waals surface area contributed by atoms with Gasteiger partial charge < -0.3 is 9.46 Å². The van der Waals surface area contributed by atoms with Gasteiger partial charge in [0, 0.05) is 38.3 Å². The normalized spacial score (nSPS) is 13.1. The van der Waals surface area contributed by atoms with Crippen LogP contribution in [0, 0.1) is 0 Å². The standard InChI is InChI=1S/C40H28N3OP/c44-45(33-18-8-3-9-19-33)38-22-12-10-20-36(38)43(37-21-11-13-23-39(37)45)32-26-24-31(25-27-32)40-41-34(29-14-4-1-5-15-29)28-35(42-40)30-16-6-2-7-17-30/h1-28H. The Kier molecular flexibility index (Phi) is 6.70. The fraction of sp³-hybridized carbons (Fsp3) is 0. The molecular weight excluding hydrogens is 569 g/mol. The van der Waals surface area contributed by atoms with E-state index in [9.17, 15) is 0 Å². The highest BCUT2D eigenvalue weighted by Crippen LogP contribution is 2.53. The molecule has 0 atom stereocenters. The average molecular weight is 598 g/mol. The van der Waals surface area contributed by atoms with Gasteiger partial charge in [0.1, 0.15) is 0 Å². The van der Waals surface area contributed by atoms with Gasteiger partial charge in [-0.2, -0.15) is 0 Å². The first-order chi connectivity index (χ1) is 22.2. The zero-order valence-corrected chi connectivity index (χ0v) is 25.3. The average Bonchev–Trinajstić information content (AvgIpc) is 3.13. The molecule has 1 aliphatic heterocycles. The van der Waals surface area contributed by atoms with Crippen LogP contribution in [0.3, 0.4) is 0 Å². The minimum absolute atomic E-state index is 0.662. The summed E-state index contributed by atoms with van der Waals surface area (Å²) in [6, 6.07) is 56.8. The van der Waals surface area contributed by atoms with Crippen LogP contribution >= 0.6 is 7.14 Å². The van der Waals surface area contributed by atoms with Crippen LogP contribution < -0.4 is 20.8 Å². The summed E-state index contributed by atoms with van der Waals surface area (Å²) in [7, 11) is -3.09. The Morgan fingerprint density at radius 1 is 0.444 bits per heavy atom. The number of hydrogen-bond donors (Lipinski definition) is 0. The van der Waals surface area contributed by atoms with Gasteiger partial charge in [-0.25, -0.2) is 9.97 Å². The lowest BCUT2D eigenvalue weighted by Gasteiger charge is -2.37. The molecule has 4 nitrogen and oxygen atoms in total. The van der Waals surface area contributed by atoms with Crippen LogP contribution in [0.2, 0.25) is 0 Å². The highest BCUT2D eigenvalue weighted by Gasteiger charge is 2.40. The van der Waals surface area contributed by atoms with Crippen LogP contribution in [-0.4, -0.2) is 9.97 Å². The van der Waals surface area contributed by atoms with Crippen LogP contribution in [0.5, 0.6) is 0 Å². The molecule has 0 radical (unpaired) electrons. The smallest absolute Gasteiger partial charge is 0.175 e. The number of fused-ring (bicyclic) bond motifs is 2. The van der Waals surface area contributed by atoms with E-state index in [4.69, 9.17) is 9.97 Å². The van der Waals surface area contributed by atoms with Gasteiger partial charge >= 0.3 is 0 Å². The number of para-hydroxylation sites is 2. The van der Waals surface area contributed by atoms with Gasteiger partial charge in [0.2, 0.25) is 0 Å². The number of benzene rings is 6. The van der Waals surface area contributed by atoms with Gasteiger partial charge in [-0.15, -0.1) is 0 Å². The molecule has 0 saturated carbocycles. The Hall–Kier alpha value is -5.57. The van der Waals surface area contributed by atoms with E-state index in [0.717, 1.165) is 61.1 Å². The Morgan fingerprint density at radius 3 is 1.40 bits per heavy atom. The van der Waals surface area contributed by atoms with Crippen LogP contribution in [0.15, 0.2) is 170 Å². The molecule has 0 N–H and O–H groups in total. The van der Waals surface area contributed by atoms with Crippen molar-refractivity contribution in [3.63, 3.8) is 0 Å². The second kappa shape index (κ2) is 11.2. The van der Waals surface area contributed by atoms with Crippen LogP contribution in [-0.2, 0) is 4.57 Å². The van der Waals surface area contributed by atoms with E-state index in [-0.39, 0.29) is 0 Å². The fourth-order valence-electron chi connectivity index (χ4n) is 6.14. The van der Waals surface area contributed by atoms with Crippen LogP contribution in [0.25, 0.3) is 33.9 Å². The lowest BCUT2D eigenvalue weighted by Crippen LogP contribution is -2.36. The van der Waals surface area contributed by atoms with Gasteiger partial charge in [0.15, 0.2) is 13.0 Å². The number of hydrogen-bond acceptors (Lipinski definition) is 4. The van der Waals surface area contributed by atoms with Gasteiger partial charge in [-0.1, -0.05) is 115 Å². The number of aromatic nitrogens is 2. The molecule has 0 fully saturated rings. The van der Waals surface area contributed by atoms with E-state index >= 15 is 4.57 Å². The minimum atomic E-state index is -3.09. The molecule has 45 heavy (non-hydrogen) atoms. The lowest BCUT2D eigenvalue weighted by molar-refractivity contribution is 0.592. The maximum absolute atomic E-state index is 15.2. The molecule has 1 aromatic heterocycles. The van der Waals surface area contributed by atoms with E-state index in [2.05, 4.69) is 71.6 Å². The molecule has 0 spiro atoms. The summed E-state index contributed by atoms with van der Waals surface area (Å²) in [6.07, 6.45) is 0. The van der Waals surface area contributed by atoms with Crippen molar-refractivity contribution in [2.45, 2.75) is 0 Å². The van der Waals surface area contributed by atoms with Crippen molar-refractivity contribution < 1.29 is 4.57 Å². The SMILES string of the molecule is O=P1(c2ccccc2)c2ccccc2N(c2ccc(-c3nc(-c4ccccc4)cc(-c4ccccc4)n3)cc2)c2ccccc21.